The smallest absolute Gasteiger partial charge is 0.306 e. The topological polar surface area (TPSA) is 175 Å². The molecule has 1 saturated heterocycles. The highest BCUT2D eigenvalue weighted by atomic mass is 16.7. The van der Waals surface area contributed by atoms with Crippen molar-refractivity contribution >= 4 is 11.9 Å². The zero-order chi connectivity index (χ0) is 49.0. The van der Waals surface area contributed by atoms with Crippen molar-refractivity contribution in [1.82, 2.24) is 5.32 Å². The van der Waals surface area contributed by atoms with Gasteiger partial charge in [0.2, 0.25) is 5.91 Å². The first-order chi connectivity index (χ1) is 32.7. The molecule has 1 aliphatic rings. The predicted molar refractivity (Wildman–Crippen MR) is 273 cm³/mol. The van der Waals surface area contributed by atoms with E-state index in [9.17, 15) is 35.1 Å². The molecule has 1 rings (SSSR count). The van der Waals surface area contributed by atoms with E-state index in [4.69, 9.17) is 14.2 Å². The van der Waals surface area contributed by atoms with Gasteiger partial charge in [-0.1, -0.05) is 198 Å². The van der Waals surface area contributed by atoms with Gasteiger partial charge in [0.25, 0.3) is 0 Å². The molecule has 390 valence electrons. The molecule has 1 amide bonds. The quantitative estimate of drug-likeness (QED) is 0.0196. The summed E-state index contributed by atoms with van der Waals surface area (Å²) in [5.74, 6) is -1.22. The molecule has 1 aliphatic heterocycles. The van der Waals surface area contributed by atoms with Gasteiger partial charge in [-0.2, -0.15) is 0 Å². The first kappa shape index (κ1) is 62.6. The molecule has 0 aromatic heterocycles. The van der Waals surface area contributed by atoms with E-state index >= 15 is 0 Å². The molecule has 6 N–H and O–H groups in total. The fourth-order valence-electron chi connectivity index (χ4n) is 8.33. The number of aliphatic hydroxyl groups is 5. The van der Waals surface area contributed by atoms with Crippen LogP contribution in [0.4, 0.5) is 0 Å². The number of allylic oxidation sites excluding steroid dienone is 7. The van der Waals surface area contributed by atoms with Crippen LogP contribution >= 0.6 is 0 Å². The van der Waals surface area contributed by atoms with Crippen molar-refractivity contribution < 1.29 is 49.3 Å². The number of unbranched alkanes of at least 4 members (excludes halogenated alkanes) is 25. The van der Waals surface area contributed by atoms with Gasteiger partial charge >= 0.3 is 5.97 Å². The van der Waals surface area contributed by atoms with Gasteiger partial charge in [0.05, 0.1) is 25.4 Å². The lowest BCUT2D eigenvalue weighted by Crippen LogP contribution is -2.61. The van der Waals surface area contributed by atoms with Crippen LogP contribution in [0.2, 0.25) is 0 Å². The minimum atomic E-state index is -1.62. The molecule has 0 aliphatic carbocycles. The number of ether oxygens (including phenoxy) is 3. The third-order valence-corrected chi connectivity index (χ3v) is 12.7. The zero-order valence-corrected chi connectivity index (χ0v) is 42.8. The lowest BCUT2D eigenvalue weighted by molar-refractivity contribution is -0.305. The highest BCUT2D eigenvalue weighted by Gasteiger charge is 2.47. The average molecular weight is 948 g/mol. The SMILES string of the molecule is CC/C=C/C/C=C/CCCCCCCCCC(=O)OC1C(OCC(NC(=O)C(O)CCCC/C=C\CCCCCCCC)C(O)/C=C/CCCCCCCCCCCC)OC(CO)C(O)C1O. The normalized spacial score (nSPS) is 20.4. The number of hydrogen-bond acceptors (Lipinski definition) is 10. The molecule has 11 nitrogen and oxygen atoms in total. The van der Waals surface area contributed by atoms with E-state index in [1.807, 2.05) is 6.08 Å². The van der Waals surface area contributed by atoms with Crippen LogP contribution in [-0.2, 0) is 23.8 Å². The van der Waals surface area contributed by atoms with Crippen molar-refractivity contribution in [2.45, 2.75) is 282 Å². The van der Waals surface area contributed by atoms with E-state index < -0.39 is 67.4 Å². The molecule has 0 aromatic rings. The predicted octanol–water partition coefficient (Wildman–Crippen LogP) is 11.7. The Bertz CT molecular complexity index is 1270. The molecule has 1 heterocycles. The number of carbonyl (C=O) groups is 2. The number of carbonyl (C=O) groups excluding carboxylic acids is 2. The first-order valence-corrected chi connectivity index (χ1v) is 27.4. The van der Waals surface area contributed by atoms with E-state index in [0.717, 1.165) is 83.5 Å². The van der Waals surface area contributed by atoms with Crippen molar-refractivity contribution in [3.8, 4) is 0 Å². The Morgan fingerprint density at radius 3 is 1.61 bits per heavy atom. The fourth-order valence-corrected chi connectivity index (χ4v) is 8.33. The highest BCUT2D eigenvalue weighted by Crippen LogP contribution is 2.26. The molecule has 67 heavy (non-hydrogen) atoms. The first-order valence-electron chi connectivity index (χ1n) is 27.4. The lowest BCUT2D eigenvalue weighted by atomic mass is 9.99. The largest absolute Gasteiger partial charge is 0.454 e. The maximum atomic E-state index is 13.3. The summed E-state index contributed by atoms with van der Waals surface area (Å²) in [5.41, 5.74) is 0. The van der Waals surface area contributed by atoms with Crippen molar-refractivity contribution in [3.63, 3.8) is 0 Å². The maximum Gasteiger partial charge on any atom is 0.306 e. The Hall–Kier alpha value is -2.38. The Labute approximate surface area is 408 Å². The zero-order valence-electron chi connectivity index (χ0n) is 42.8. The number of amides is 1. The lowest BCUT2D eigenvalue weighted by Gasteiger charge is -2.41. The Morgan fingerprint density at radius 2 is 1.07 bits per heavy atom. The molecule has 0 bridgehead atoms. The minimum absolute atomic E-state index is 0.112. The van der Waals surface area contributed by atoms with Crippen LogP contribution in [0.1, 0.15) is 233 Å². The second-order valence-corrected chi connectivity index (χ2v) is 18.9. The second kappa shape index (κ2) is 44.8. The van der Waals surface area contributed by atoms with Crippen LogP contribution in [0.25, 0.3) is 0 Å². The standard InChI is InChI=1S/C56H101NO10/c1-4-7-10-13-16-19-22-25-26-29-32-35-38-41-44-51(61)67-54-53(63)52(62)50(45-58)66-56(54)65-46-47(48(59)42-39-36-33-30-27-23-20-17-14-11-8-5-2)57-55(64)49(60)43-40-37-34-31-28-24-21-18-15-12-9-6-3/h7,10,16,19,28,31,39,42,47-50,52-54,56,58-60,62-63H,4-6,8-9,11-15,17-18,20-27,29-30,32-38,40-41,43-46H2,1-3H3,(H,57,64)/b10-7+,19-16+,31-28-,42-39+. The van der Waals surface area contributed by atoms with Crippen LogP contribution < -0.4 is 5.32 Å². The van der Waals surface area contributed by atoms with Gasteiger partial charge in [0.1, 0.15) is 24.4 Å². The van der Waals surface area contributed by atoms with Crippen molar-refractivity contribution in [1.29, 1.82) is 0 Å². The van der Waals surface area contributed by atoms with Crippen molar-refractivity contribution in [3.05, 3.63) is 48.6 Å². The average Bonchev–Trinajstić information content (AvgIpc) is 3.32. The molecule has 0 saturated carbocycles. The van der Waals surface area contributed by atoms with Gasteiger partial charge in [-0.15, -0.1) is 0 Å². The third kappa shape index (κ3) is 33.7. The van der Waals surface area contributed by atoms with Crippen LogP contribution in [0.3, 0.4) is 0 Å². The summed E-state index contributed by atoms with van der Waals surface area (Å²) in [6.07, 6.45) is 41.6. The van der Waals surface area contributed by atoms with Gasteiger partial charge in [-0.25, -0.2) is 0 Å². The van der Waals surface area contributed by atoms with Crippen LogP contribution in [0.5, 0.6) is 0 Å². The van der Waals surface area contributed by atoms with Gasteiger partial charge < -0.3 is 45.1 Å². The van der Waals surface area contributed by atoms with E-state index in [1.54, 1.807) is 6.08 Å². The van der Waals surface area contributed by atoms with Crippen LogP contribution in [-0.4, -0.2) is 99.6 Å². The van der Waals surface area contributed by atoms with E-state index in [0.29, 0.717) is 12.8 Å². The highest BCUT2D eigenvalue weighted by molar-refractivity contribution is 5.80. The van der Waals surface area contributed by atoms with Gasteiger partial charge in [0, 0.05) is 6.42 Å². The number of aliphatic hydroxyl groups excluding tert-OH is 5. The summed E-state index contributed by atoms with van der Waals surface area (Å²) in [4.78, 5) is 26.4. The number of nitrogens with one attached hydrogen (secondary N) is 1. The molecular weight excluding hydrogens is 847 g/mol. The Morgan fingerprint density at radius 1 is 0.597 bits per heavy atom. The molecule has 8 unspecified atom stereocenters. The van der Waals surface area contributed by atoms with Crippen LogP contribution in [0.15, 0.2) is 48.6 Å². The summed E-state index contributed by atoms with van der Waals surface area (Å²) in [5, 5.41) is 56.6. The molecule has 1 fully saturated rings. The minimum Gasteiger partial charge on any atom is -0.454 e. The summed E-state index contributed by atoms with van der Waals surface area (Å²) in [6.45, 7) is 5.63. The molecule has 8 atom stereocenters. The Kier molecular flexibility index (Phi) is 41.9. The molecule has 11 heteroatoms. The van der Waals surface area contributed by atoms with Gasteiger partial charge in [-0.05, 0) is 77.0 Å². The maximum absolute atomic E-state index is 13.3. The molecule has 0 spiro atoms. The molecular formula is C56H101NO10. The third-order valence-electron chi connectivity index (χ3n) is 12.7. The molecule has 0 radical (unpaired) electrons. The second-order valence-electron chi connectivity index (χ2n) is 18.9. The van der Waals surface area contributed by atoms with E-state index in [1.165, 1.54) is 103 Å². The number of esters is 1. The fraction of sp³-hybridized carbons (Fsp3) is 0.821. The number of rotatable bonds is 45. The van der Waals surface area contributed by atoms with Gasteiger partial charge in [0.15, 0.2) is 12.4 Å². The summed E-state index contributed by atoms with van der Waals surface area (Å²) in [7, 11) is 0. The summed E-state index contributed by atoms with van der Waals surface area (Å²) < 4.78 is 17.5. The van der Waals surface area contributed by atoms with E-state index in [2.05, 4.69) is 62.5 Å². The van der Waals surface area contributed by atoms with Crippen molar-refractivity contribution in [2.75, 3.05) is 13.2 Å². The van der Waals surface area contributed by atoms with Gasteiger partial charge in [-0.3, -0.25) is 9.59 Å². The Balaban J connectivity index is 2.77. The molecule has 0 aromatic carbocycles. The number of hydrogen-bond donors (Lipinski definition) is 6. The van der Waals surface area contributed by atoms with E-state index in [-0.39, 0.29) is 19.4 Å². The monoisotopic (exact) mass is 948 g/mol. The summed E-state index contributed by atoms with van der Waals surface area (Å²) >= 11 is 0. The summed E-state index contributed by atoms with van der Waals surface area (Å²) in [6, 6.07) is -1.03. The van der Waals surface area contributed by atoms with Crippen molar-refractivity contribution in [2.24, 2.45) is 0 Å². The van der Waals surface area contributed by atoms with Crippen LogP contribution in [0, 0.1) is 0 Å².